The Morgan fingerprint density at radius 3 is 1.54 bits per heavy atom. The quantitative estimate of drug-likeness (QED) is 0.150. The van der Waals surface area contributed by atoms with E-state index in [2.05, 4.69) is 4.93 Å². The van der Waals surface area contributed by atoms with Gasteiger partial charge in [-0.15, -0.1) is 0 Å². The van der Waals surface area contributed by atoms with Gasteiger partial charge in [-0.05, 0) is 33.7 Å². The molecule has 1 aliphatic heterocycles. The van der Waals surface area contributed by atoms with Gasteiger partial charge in [0.25, 0.3) is 0 Å². The van der Waals surface area contributed by atoms with Crippen LogP contribution in [0.1, 0.15) is 0 Å². The number of benzene rings is 4. The van der Waals surface area contributed by atoms with Crippen LogP contribution in [0, 0.1) is 4.93 Å². The van der Waals surface area contributed by atoms with Gasteiger partial charge in [0.05, 0.1) is 0 Å². The molecule has 0 atom stereocenters. The fraction of sp³-hybridized carbons (Fsp3) is 0. The molecule has 0 spiro atoms. The zero-order chi connectivity index (χ0) is 19.0. The van der Waals surface area contributed by atoms with Crippen molar-refractivity contribution in [1.29, 1.82) is 0 Å². The van der Waals surface area contributed by atoms with E-state index in [4.69, 9.17) is 9.05 Å². The van der Waals surface area contributed by atoms with E-state index >= 15 is 0 Å². The van der Waals surface area contributed by atoms with Gasteiger partial charge >= 0.3 is 7.82 Å². The molecule has 7 heteroatoms. The van der Waals surface area contributed by atoms with Gasteiger partial charge in [0.15, 0.2) is 0 Å². The van der Waals surface area contributed by atoms with Gasteiger partial charge in [0, 0.05) is 35.5 Å². The van der Waals surface area contributed by atoms with Crippen LogP contribution in [0.4, 0.5) is 0 Å². The third-order valence-corrected chi connectivity index (χ3v) is 5.29. The normalized spacial score (nSPS) is 13.5. The number of hydrogen-bond donors (Lipinski definition) is 0. The van der Waals surface area contributed by atoms with Gasteiger partial charge in [-0.1, -0.05) is 83.3 Å². The molecule has 0 amide bonds. The summed E-state index contributed by atoms with van der Waals surface area (Å²) < 4.78 is 22.8. The molecule has 0 fully saturated rings. The Hall–Kier alpha value is -1.46. The molecule has 0 bridgehead atoms. The summed E-state index contributed by atoms with van der Waals surface area (Å²) in [6, 6.07) is 22.7. The average molecular weight is 554 g/mol. The molecule has 4 nitrogen and oxygen atoms in total. The minimum atomic E-state index is -4.50. The zero-order valence-corrected chi connectivity index (χ0v) is 20.8. The predicted molar refractivity (Wildman–Crippen MR) is 115 cm³/mol. The van der Waals surface area contributed by atoms with E-state index in [9.17, 15) is 9.46 Å². The van der Waals surface area contributed by atoms with Crippen LogP contribution in [0.25, 0.3) is 32.7 Å². The zero-order valence-electron chi connectivity index (χ0n) is 14.8. The summed E-state index contributed by atoms with van der Waals surface area (Å²) in [4.78, 5) is 15.5. The second-order valence-electron chi connectivity index (χ2n) is 5.95. The monoisotopic (exact) mass is 552 g/mol. The maximum Gasteiger partial charge on any atom is 0.372 e. The van der Waals surface area contributed by atoms with Crippen molar-refractivity contribution in [3.05, 3.63) is 77.7 Å². The molecular weight excluding hydrogens is 539 g/mol. The number of rotatable bonds is 0. The van der Waals surface area contributed by atoms with Crippen molar-refractivity contribution in [3.63, 3.8) is 0 Å². The van der Waals surface area contributed by atoms with Gasteiger partial charge in [-0.25, -0.2) is 4.57 Å². The van der Waals surface area contributed by atoms with Crippen LogP contribution in [0.2, 0.25) is 0 Å². The summed E-state index contributed by atoms with van der Waals surface area (Å²) >= 11 is 1.90. The molecule has 4 aromatic carbocycles. The van der Waals surface area contributed by atoms with Gasteiger partial charge in [0.1, 0.15) is 11.5 Å². The Kier molecular flexibility index (Phi) is 6.45. The van der Waals surface area contributed by atoms with E-state index in [0.29, 0.717) is 0 Å². The Bertz CT molecular complexity index is 1120. The van der Waals surface area contributed by atoms with E-state index in [1.807, 2.05) is 83.3 Å². The fourth-order valence-electron chi connectivity index (χ4n) is 3.43. The molecule has 0 saturated carbocycles. The summed E-state index contributed by atoms with van der Waals surface area (Å²) in [5.41, 5.74) is 1.47. The minimum absolute atomic E-state index is 0. The summed E-state index contributed by atoms with van der Waals surface area (Å²) in [7, 11) is -4.50. The van der Waals surface area contributed by atoms with E-state index in [-0.39, 0.29) is 31.0 Å². The first kappa shape index (κ1) is 21.3. The second kappa shape index (κ2) is 8.50. The van der Waals surface area contributed by atoms with Gasteiger partial charge in [-0.3, -0.25) is 0 Å². The van der Waals surface area contributed by atoms with Crippen LogP contribution < -0.4 is 13.9 Å². The smallest absolute Gasteiger partial charge is 0.372 e. The Balaban J connectivity index is 0.000000728. The standard InChI is InChI=1S/C20H13O4P.CH2I.Zn/c21-25(22)23-17-11-9-13-5-1-3-7-15(13)19(17)20-16-8-4-2-6-14(16)10-12-18(20)24-25;1-2;/h1-12H,(H,21,22);1H2;/p-1. The number of hydrogen-bond acceptors (Lipinski definition) is 4. The average Bonchev–Trinajstić information content (AvgIpc) is 2.81. The number of fused-ring (bicyclic) bond motifs is 7. The maximum atomic E-state index is 12.3. The molecule has 0 aromatic heterocycles. The Morgan fingerprint density at radius 2 is 1.11 bits per heavy atom. The van der Waals surface area contributed by atoms with Crippen molar-refractivity contribution in [3.8, 4) is 22.6 Å². The van der Waals surface area contributed by atoms with Gasteiger partial charge in [-0.2, -0.15) is 0 Å². The van der Waals surface area contributed by atoms with Crippen LogP contribution in [0.5, 0.6) is 11.5 Å². The summed E-state index contributed by atoms with van der Waals surface area (Å²) in [5, 5.41) is 3.85. The SMILES string of the molecule is O=P1([O-])Oc2ccc3ccccc3c2-c2c(ccc3ccccc23)O1.[CH2]I.[Zn]. The molecule has 1 radical (unpaired) electrons. The summed E-state index contributed by atoms with van der Waals surface area (Å²) in [6.45, 7) is 0. The minimum Gasteiger partial charge on any atom is -0.736 e. The van der Waals surface area contributed by atoms with Crippen LogP contribution in [-0.4, -0.2) is 0 Å². The van der Waals surface area contributed by atoms with Crippen molar-refractivity contribution in [2.45, 2.75) is 0 Å². The van der Waals surface area contributed by atoms with Gasteiger partial charge in [0.2, 0.25) is 0 Å². The molecule has 1 heterocycles. The molecule has 28 heavy (non-hydrogen) atoms. The first-order valence-corrected chi connectivity index (χ1v) is 11.1. The molecular formula is C21H14IO4PZn-. The molecule has 0 N–H and O–H groups in total. The molecule has 0 unspecified atom stereocenters. The molecule has 0 aliphatic carbocycles. The third kappa shape index (κ3) is 3.71. The molecule has 1 aliphatic rings. The molecule has 137 valence electrons. The van der Waals surface area contributed by atoms with Crippen LogP contribution in [0.3, 0.4) is 0 Å². The van der Waals surface area contributed by atoms with Crippen LogP contribution in [-0.2, 0) is 24.0 Å². The topological polar surface area (TPSA) is 58.6 Å². The van der Waals surface area contributed by atoms with Crippen LogP contribution >= 0.6 is 30.4 Å². The van der Waals surface area contributed by atoms with Crippen molar-refractivity contribution < 1.29 is 38.0 Å². The van der Waals surface area contributed by atoms with Crippen molar-refractivity contribution in [2.24, 2.45) is 0 Å². The number of phosphoric ester groups is 1. The van der Waals surface area contributed by atoms with Crippen molar-refractivity contribution in [1.82, 2.24) is 0 Å². The largest absolute Gasteiger partial charge is 0.736 e. The predicted octanol–water partition coefficient (Wildman–Crippen LogP) is 6.11. The molecule has 5 rings (SSSR count). The second-order valence-corrected chi connectivity index (χ2v) is 7.21. The van der Waals surface area contributed by atoms with Crippen LogP contribution in [0.15, 0.2) is 72.8 Å². The number of halogens is 1. The molecule has 4 aromatic rings. The van der Waals surface area contributed by atoms with E-state index < -0.39 is 7.82 Å². The number of phosphoric acid groups is 1. The van der Waals surface area contributed by atoms with E-state index in [1.54, 1.807) is 12.1 Å². The van der Waals surface area contributed by atoms with Gasteiger partial charge < -0.3 is 13.9 Å². The Morgan fingerprint density at radius 1 is 0.714 bits per heavy atom. The van der Waals surface area contributed by atoms with Crippen molar-refractivity contribution in [2.75, 3.05) is 0 Å². The fourth-order valence-corrected chi connectivity index (χ4v) is 4.25. The first-order valence-electron chi connectivity index (χ1n) is 8.13. The van der Waals surface area contributed by atoms with E-state index in [0.717, 1.165) is 32.7 Å². The first-order chi connectivity index (χ1) is 13.1. The molecule has 0 saturated heterocycles. The van der Waals surface area contributed by atoms with Crippen molar-refractivity contribution >= 4 is 52.0 Å². The van der Waals surface area contributed by atoms with E-state index in [1.165, 1.54) is 0 Å². The third-order valence-electron chi connectivity index (χ3n) is 4.45. The summed E-state index contributed by atoms with van der Waals surface area (Å²) in [6.07, 6.45) is 0. The summed E-state index contributed by atoms with van der Waals surface area (Å²) in [5.74, 6) is 0.569. The Labute approximate surface area is 189 Å². The maximum absolute atomic E-state index is 12.3.